The predicted octanol–water partition coefficient (Wildman–Crippen LogP) is 1.44. The topological polar surface area (TPSA) is 53.1 Å². The first-order valence-corrected chi connectivity index (χ1v) is 7.35. The summed E-state index contributed by atoms with van der Waals surface area (Å²) in [6.45, 7) is 1.99. The van der Waals surface area contributed by atoms with Gasteiger partial charge in [-0.25, -0.2) is 9.97 Å². The van der Waals surface area contributed by atoms with Crippen molar-refractivity contribution in [2.24, 2.45) is 0 Å². The first kappa shape index (κ1) is 12.8. The Labute approximate surface area is 114 Å². The average Bonchev–Trinajstić information content (AvgIpc) is 3.12. The molecule has 1 aromatic rings. The van der Waals surface area contributed by atoms with Crippen molar-refractivity contribution in [2.45, 2.75) is 44.1 Å². The third-order valence-corrected chi connectivity index (χ3v) is 4.20. The van der Waals surface area contributed by atoms with Crippen LogP contribution in [0, 0.1) is 0 Å². The normalized spacial score (nSPS) is 23.9. The molecule has 2 N–H and O–H groups in total. The SMILES string of the molecule is CN(CC1CCNN1)c1nccc(C2CCCC2)n1. The van der Waals surface area contributed by atoms with E-state index in [1.54, 1.807) is 0 Å². The number of nitrogens with one attached hydrogen (secondary N) is 2. The summed E-state index contributed by atoms with van der Waals surface area (Å²) in [6.07, 6.45) is 8.33. The van der Waals surface area contributed by atoms with Gasteiger partial charge in [0, 0.05) is 44.0 Å². The zero-order valence-corrected chi connectivity index (χ0v) is 11.6. The van der Waals surface area contributed by atoms with Crippen LogP contribution in [0.1, 0.15) is 43.7 Å². The van der Waals surface area contributed by atoms with Crippen molar-refractivity contribution in [1.29, 1.82) is 0 Å². The number of nitrogens with zero attached hydrogens (tertiary/aromatic N) is 3. The summed E-state index contributed by atoms with van der Waals surface area (Å²) in [4.78, 5) is 11.3. The summed E-state index contributed by atoms with van der Waals surface area (Å²) < 4.78 is 0. The van der Waals surface area contributed by atoms with Gasteiger partial charge in [0.15, 0.2) is 0 Å². The summed E-state index contributed by atoms with van der Waals surface area (Å²) >= 11 is 0. The van der Waals surface area contributed by atoms with Crippen LogP contribution in [0.2, 0.25) is 0 Å². The van der Waals surface area contributed by atoms with E-state index in [-0.39, 0.29) is 0 Å². The van der Waals surface area contributed by atoms with E-state index in [9.17, 15) is 0 Å². The fourth-order valence-corrected chi connectivity index (χ4v) is 3.08. The minimum atomic E-state index is 0.490. The molecule has 19 heavy (non-hydrogen) atoms. The van der Waals surface area contributed by atoms with Crippen LogP contribution in [-0.2, 0) is 0 Å². The Kier molecular flexibility index (Phi) is 3.94. The second-order valence-corrected chi connectivity index (χ2v) is 5.70. The number of rotatable bonds is 4. The van der Waals surface area contributed by atoms with Gasteiger partial charge in [0.1, 0.15) is 0 Å². The molecule has 0 radical (unpaired) electrons. The lowest BCUT2D eigenvalue weighted by atomic mass is 10.0. The Balaban J connectivity index is 1.67. The standard InChI is InChI=1S/C14H23N5/c1-19(10-12-6-9-16-18-12)14-15-8-7-13(17-14)11-4-2-3-5-11/h7-8,11-12,16,18H,2-6,9-10H2,1H3. The van der Waals surface area contributed by atoms with Crippen LogP contribution >= 0.6 is 0 Å². The third kappa shape index (κ3) is 3.04. The Morgan fingerprint density at radius 1 is 1.32 bits per heavy atom. The lowest BCUT2D eigenvalue weighted by molar-refractivity contribution is 0.549. The monoisotopic (exact) mass is 261 g/mol. The maximum absolute atomic E-state index is 4.76. The van der Waals surface area contributed by atoms with Gasteiger partial charge in [-0.15, -0.1) is 0 Å². The highest BCUT2D eigenvalue weighted by Gasteiger charge is 2.21. The smallest absolute Gasteiger partial charge is 0.225 e. The fourth-order valence-electron chi connectivity index (χ4n) is 3.08. The molecule has 0 aromatic carbocycles. The van der Waals surface area contributed by atoms with Crippen molar-refractivity contribution in [3.63, 3.8) is 0 Å². The van der Waals surface area contributed by atoms with E-state index >= 15 is 0 Å². The molecule has 1 aromatic heterocycles. The van der Waals surface area contributed by atoms with E-state index in [4.69, 9.17) is 4.98 Å². The van der Waals surface area contributed by atoms with E-state index in [2.05, 4.69) is 33.8 Å². The molecule has 0 spiro atoms. The highest BCUT2D eigenvalue weighted by molar-refractivity contribution is 5.30. The maximum atomic E-state index is 4.76. The molecule has 5 heteroatoms. The Morgan fingerprint density at radius 3 is 2.89 bits per heavy atom. The number of aromatic nitrogens is 2. The molecule has 1 unspecified atom stereocenters. The lowest BCUT2D eigenvalue weighted by Gasteiger charge is -2.21. The highest BCUT2D eigenvalue weighted by atomic mass is 15.4. The largest absolute Gasteiger partial charge is 0.342 e. The lowest BCUT2D eigenvalue weighted by Crippen LogP contribution is -2.39. The molecule has 1 aliphatic heterocycles. The van der Waals surface area contributed by atoms with Crippen molar-refractivity contribution in [3.05, 3.63) is 18.0 Å². The number of anilines is 1. The van der Waals surface area contributed by atoms with E-state index in [0.717, 1.165) is 25.5 Å². The highest BCUT2D eigenvalue weighted by Crippen LogP contribution is 2.33. The van der Waals surface area contributed by atoms with Crippen LogP contribution in [0.5, 0.6) is 0 Å². The zero-order valence-electron chi connectivity index (χ0n) is 11.6. The van der Waals surface area contributed by atoms with Gasteiger partial charge in [-0.05, 0) is 25.3 Å². The Morgan fingerprint density at radius 2 is 2.16 bits per heavy atom. The van der Waals surface area contributed by atoms with Gasteiger partial charge in [0.2, 0.25) is 5.95 Å². The fraction of sp³-hybridized carbons (Fsp3) is 0.714. The zero-order chi connectivity index (χ0) is 13.1. The first-order valence-electron chi connectivity index (χ1n) is 7.35. The van der Waals surface area contributed by atoms with Crippen LogP contribution in [0.3, 0.4) is 0 Å². The molecule has 1 saturated heterocycles. The molecule has 1 saturated carbocycles. The summed E-state index contributed by atoms with van der Waals surface area (Å²) in [7, 11) is 2.08. The second kappa shape index (κ2) is 5.84. The quantitative estimate of drug-likeness (QED) is 0.859. The molecule has 1 atom stereocenters. The summed E-state index contributed by atoms with van der Waals surface area (Å²) in [5.74, 6) is 1.51. The molecule has 2 fully saturated rings. The van der Waals surface area contributed by atoms with Gasteiger partial charge < -0.3 is 4.90 Å². The van der Waals surface area contributed by atoms with Gasteiger partial charge in [-0.3, -0.25) is 10.9 Å². The molecular formula is C14H23N5. The number of hydrogen-bond acceptors (Lipinski definition) is 5. The van der Waals surface area contributed by atoms with Gasteiger partial charge >= 0.3 is 0 Å². The van der Waals surface area contributed by atoms with Gasteiger partial charge in [0.05, 0.1) is 0 Å². The molecule has 2 heterocycles. The van der Waals surface area contributed by atoms with Gasteiger partial charge in [-0.1, -0.05) is 12.8 Å². The summed E-state index contributed by atoms with van der Waals surface area (Å²) in [6, 6.07) is 2.58. The molecule has 2 aliphatic rings. The molecular weight excluding hydrogens is 238 g/mol. The van der Waals surface area contributed by atoms with Crippen LogP contribution in [0.4, 0.5) is 5.95 Å². The Bertz CT molecular complexity index is 410. The average molecular weight is 261 g/mol. The molecule has 104 valence electrons. The summed E-state index contributed by atoms with van der Waals surface area (Å²) in [5, 5.41) is 0. The molecule has 0 amide bonds. The molecule has 3 rings (SSSR count). The van der Waals surface area contributed by atoms with E-state index in [1.807, 2.05) is 6.20 Å². The molecule has 5 nitrogen and oxygen atoms in total. The molecule has 0 bridgehead atoms. The van der Waals surface area contributed by atoms with Crippen LogP contribution < -0.4 is 15.8 Å². The van der Waals surface area contributed by atoms with Crippen molar-refractivity contribution in [2.75, 3.05) is 25.0 Å². The van der Waals surface area contributed by atoms with Crippen LogP contribution in [0.25, 0.3) is 0 Å². The van der Waals surface area contributed by atoms with Crippen molar-refractivity contribution < 1.29 is 0 Å². The number of hydrogen-bond donors (Lipinski definition) is 2. The minimum absolute atomic E-state index is 0.490. The van der Waals surface area contributed by atoms with Crippen LogP contribution in [0.15, 0.2) is 12.3 Å². The van der Waals surface area contributed by atoms with Crippen molar-refractivity contribution in [1.82, 2.24) is 20.8 Å². The maximum Gasteiger partial charge on any atom is 0.225 e. The minimum Gasteiger partial charge on any atom is -0.342 e. The third-order valence-electron chi connectivity index (χ3n) is 4.20. The predicted molar refractivity (Wildman–Crippen MR) is 76.1 cm³/mol. The summed E-state index contributed by atoms with van der Waals surface area (Å²) in [5.41, 5.74) is 7.68. The van der Waals surface area contributed by atoms with Crippen molar-refractivity contribution in [3.8, 4) is 0 Å². The first-order chi connectivity index (χ1) is 9.33. The van der Waals surface area contributed by atoms with Crippen molar-refractivity contribution >= 4 is 5.95 Å². The van der Waals surface area contributed by atoms with E-state index in [1.165, 1.54) is 31.4 Å². The number of hydrazine groups is 1. The second-order valence-electron chi connectivity index (χ2n) is 5.70. The van der Waals surface area contributed by atoms with Gasteiger partial charge in [0.25, 0.3) is 0 Å². The van der Waals surface area contributed by atoms with E-state index < -0.39 is 0 Å². The molecule has 1 aliphatic carbocycles. The van der Waals surface area contributed by atoms with Crippen LogP contribution in [-0.4, -0.2) is 36.1 Å². The van der Waals surface area contributed by atoms with E-state index in [0.29, 0.717) is 12.0 Å². The Hall–Kier alpha value is -1.20. The number of likely N-dealkylation sites (N-methyl/N-ethyl adjacent to an activating group) is 1. The van der Waals surface area contributed by atoms with Gasteiger partial charge in [-0.2, -0.15) is 0 Å².